The number of hydrogen-bond donors (Lipinski definition) is 1. The van der Waals surface area contributed by atoms with Crippen molar-refractivity contribution < 1.29 is 5.11 Å². The Balaban J connectivity index is 1.75. The first-order valence-corrected chi connectivity index (χ1v) is 6.73. The van der Waals surface area contributed by atoms with Crippen LogP contribution in [0.25, 0.3) is 0 Å². The third-order valence-corrected chi connectivity index (χ3v) is 4.38. The van der Waals surface area contributed by atoms with Gasteiger partial charge in [0.25, 0.3) is 0 Å². The van der Waals surface area contributed by atoms with E-state index in [1.807, 2.05) is 0 Å². The van der Waals surface area contributed by atoms with Crippen LogP contribution in [-0.4, -0.2) is 22.2 Å². The molecular weight excluding hydrogens is 210 g/mol. The van der Waals surface area contributed by atoms with Crippen molar-refractivity contribution in [2.24, 2.45) is 5.92 Å². The summed E-state index contributed by atoms with van der Waals surface area (Å²) in [5.41, 5.74) is 2.89. The molecule has 92 valence electrons. The lowest BCUT2D eigenvalue weighted by Gasteiger charge is -2.37. The lowest BCUT2D eigenvalue weighted by Crippen LogP contribution is -2.44. The van der Waals surface area contributed by atoms with Crippen molar-refractivity contribution >= 4 is 0 Å². The summed E-state index contributed by atoms with van der Waals surface area (Å²) in [4.78, 5) is 2.46. The number of nitrogens with zero attached hydrogens (tertiary/aromatic N) is 1. The van der Waals surface area contributed by atoms with Crippen molar-refractivity contribution in [3.8, 4) is 0 Å². The van der Waals surface area contributed by atoms with Crippen molar-refractivity contribution in [1.82, 2.24) is 4.90 Å². The molecule has 1 heterocycles. The van der Waals surface area contributed by atoms with E-state index in [-0.39, 0.29) is 6.10 Å². The highest BCUT2D eigenvalue weighted by atomic mass is 16.3. The zero-order valence-corrected chi connectivity index (χ0v) is 10.5. The molecular formula is C15H21NO. The average Bonchev–Trinajstić information content (AvgIpc) is 2.75. The standard InChI is InChI=1S/C15H21NO/c1-11-6-7-15(17)14(8-11)16-9-12-4-2-3-5-13(12)10-16/h2-5,11,14-15,17H,6-10H2,1H3. The number of benzene rings is 1. The molecule has 1 aromatic rings. The second kappa shape index (κ2) is 4.43. The maximum Gasteiger partial charge on any atom is 0.0695 e. The summed E-state index contributed by atoms with van der Waals surface area (Å²) < 4.78 is 0. The Morgan fingerprint density at radius 1 is 1.12 bits per heavy atom. The monoisotopic (exact) mass is 231 g/mol. The van der Waals surface area contributed by atoms with Gasteiger partial charge in [-0.25, -0.2) is 0 Å². The molecule has 1 aromatic carbocycles. The van der Waals surface area contributed by atoms with Gasteiger partial charge in [0.15, 0.2) is 0 Å². The van der Waals surface area contributed by atoms with Gasteiger partial charge in [0.05, 0.1) is 6.10 Å². The largest absolute Gasteiger partial charge is 0.391 e. The molecule has 0 spiro atoms. The van der Waals surface area contributed by atoms with Crippen LogP contribution in [-0.2, 0) is 13.1 Å². The zero-order chi connectivity index (χ0) is 11.8. The molecule has 0 amide bonds. The molecule has 0 saturated heterocycles. The van der Waals surface area contributed by atoms with Gasteiger partial charge in [-0.1, -0.05) is 31.2 Å². The van der Waals surface area contributed by atoms with Gasteiger partial charge in [0, 0.05) is 19.1 Å². The highest BCUT2D eigenvalue weighted by Gasteiger charge is 2.34. The fourth-order valence-corrected chi connectivity index (χ4v) is 3.32. The summed E-state index contributed by atoms with van der Waals surface area (Å²) in [6, 6.07) is 9.03. The van der Waals surface area contributed by atoms with E-state index in [4.69, 9.17) is 0 Å². The van der Waals surface area contributed by atoms with Gasteiger partial charge in [-0.2, -0.15) is 0 Å². The predicted octanol–water partition coefficient (Wildman–Crippen LogP) is 2.55. The topological polar surface area (TPSA) is 23.5 Å². The molecule has 0 bridgehead atoms. The second-order valence-corrected chi connectivity index (χ2v) is 5.73. The molecule has 17 heavy (non-hydrogen) atoms. The summed E-state index contributed by atoms with van der Waals surface area (Å²) in [6.07, 6.45) is 3.17. The van der Waals surface area contributed by atoms with Crippen LogP contribution in [0.1, 0.15) is 37.3 Å². The van der Waals surface area contributed by atoms with Crippen LogP contribution in [0.3, 0.4) is 0 Å². The van der Waals surface area contributed by atoms with Gasteiger partial charge >= 0.3 is 0 Å². The lowest BCUT2D eigenvalue weighted by atomic mass is 9.84. The lowest BCUT2D eigenvalue weighted by molar-refractivity contribution is 0.00350. The van der Waals surface area contributed by atoms with Crippen LogP contribution in [0.4, 0.5) is 0 Å². The molecule has 1 fully saturated rings. The van der Waals surface area contributed by atoms with E-state index in [2.05, 4.69) is 36.1 Å². The van der Waals surface area contributed by atoms with Crippen molar-refractivity contribution in [1.29, 1.82) is 0 Å². The summed E-state index contributed by atoms with van der Waals surface area (Å²) >= 11 is 0. The normalized spacial score (nSPS) is 33.6. The minimum absolute atomic E-state index is 0.125. The summed E-state index contributed by atoms with van der Waals surface area (Å²) in [5, 5.41) is 10.2. The van der Waals surface area contributed by atoms with E-state index in [9.17, 15) is 5.11 Å². The molecule has 2 nitrogen and oxygen atoms in total. The van der Waals surface area contributed by atoms with Crippen LogP contribution in [0.2, 0.25) is 0 Å². The van der Waals surface area contributed by atoms with Crippen molar-refractivity contribution in [2.45, 2.75) is 51.4 Å². The smallest absolute Gasteiger partial charge is 0.0695 e. The quantitative estimate of drug-likeness (QED) is 0.803. The fourth-order valence-electron chi connectivity index (χ4n) is 3.32. The number of aliphatic hydroxyl groups is 1. The molecule has 2 aliphatic rings. The Kier molecular flexibility index (Phi) is 2.93. The van der Waals surface area contributed by atoms with E-state index >= 15 is 0 Å². The Morgan fingerprint density at radius 2 is 1.76 bits per heavy atom. The third-order valence-electron chi connectivity index (χ3n) is 4.38. The van der Waals surface area contributed by atoms with Crippen LogP contribution in [0.5, 0.6) is 0 Å². The average molecular weight is 231 g/mol. The molecule has 3 rings (SSSR count). The van der Waals surface area contributed by atoms with E-state index in [1.165, 1.54) is 17.5 Å². The second-order valence-electron chi connectivity index (χ2n) is 5.73. The molecule has 1 N–H and O–H groups in total. The van der Waals surface area contributed by atoms with Crippen LogP contribution in [0.15, 0.2) is 24.3 Å². The van der Waals surface area contributed by atoms with E-state index in [0.717, 1.165) is 31.8 Å². The third kappa shape index (κ3) is 2.12. The number of rotatable bonds is 1. The van der Waals surface area contributed by atoms with Crippen molar-refractivity contribution in [3.05, 3.63) is 35.4 Å². The van der Waals surface area contributed by atoms with E-state index < -0.39 is 0 Å². The van der Waals surface area contributed by atoms with E-state index in [0.29, 0.717) is 6.04 Å². The Bertz CT molecular complexity index is 379. The van der Waals surface area contributed by atoms with Crippen molar-refractivity contribution in [3.63, 3.8) is 0 Å². The molecule has 1 aliphatic heterocycles. The molecule has 3 atom stereocenters. The minimum atomic E-state index is -0.125. The summed E-state index contributed by atoms with van der Waals surface area (Å²) in [7, 11) is 0. The Morgan fingerprint density at radius 3 is 2.41 bits per heavy atom. The first-order valence-electron chi connectivity index (χ1n) is 6.73. The zero-order valence-electron chi connectivity index (χ0n) is 10.5. The van der Waals surface area contributed by atoms with Crippen molar-refractivity contribution in [2.75, 3.05) is 0 Å². The summed E-state index contributed by atoms with van der Waals surface area (Å²) in [5.74, 6) is 0.757. The molecule has 0 aromatic heterocycles. The molecule has 1 saturated carbocycles. The molecule has 0 radical (unpaired) electrons. The number of hydrogen-bond acceptors (Lipinski definition) is 2. The van der Waals surface area contributed by atoms with Gasteiger partial charge in [0.1, 0.15) is 0 Å². The minimum Gasteiger partial charge on any atom is -0.391 e. The van der Waals surface area contributed by atoms with Gasteiger partial charge in [-0.15, -0.1) is 0 Å². The van der Waals surface area contributed by atoms with Crippen LogP contribution >= 0.6 is 0 Å². The molecule has 1 aliphatic carbocycles. The van der Waals surface area contributed by atoms with Crippen LogP contribution in [0, 0.1) is 5.92 Å². The van der Waals surface area contributed by atoms with Gasteiger partial charge < -0.3 is 5.11 Å². The first-order chi connectivity index (χ1) is 8.24. The maximum absolute atomic E-state index is 10.2. The predicted molar refractivity (Wildman–Crippen MR) is 68.5 cm³/mol. The fraction of sp³-hybridized carbons (Fsp3) is 0.600. The Labute approximate surface area is 103 Å². The van der Waals surface area contributed by atoms with Gasteiger partial charge in [-0.05, 0) is 36.3 Å². The van der Waals surface area contributed by atoms with E-state index in [1.54, 1.807) is 0 Å². The highest BCUT2D eigenvalue weighted by Crippen LogP contribution is 2.33. The van der Waals surface area contributed by atoms with Crippen LogP contribution < -0.4 is 0 Å². The SMILES string of the molecule is CC1CCC(O)C(N2Cc3ccccc3C2)C1. The first kappa shape index (κ1) is 11.2. The van der Waals surface area contributed by atoms with Gasteiger partial charge in [-0.3, -0.25) is 4.90 Å². The number of fused-ring (bicyclic) bond motifs is 1. The van der Waals surface area contributed by atoms with Gasteiger partial charge in [0.2, 0.25) is 0 Å². The summed E-state index contributed by atoms with van der Waals surface area (Å²) in [6.45, 7) is 4.34. The number of aliphatic hydroxyl groups excluding tert-OH is 1. The Hall–Kier alpha value is -0.860. The highest BCUT2D eigenvalue weighted by molar-refractivity contribution is 5.30. The maximum atomic E-state index is 10.2. The molecule has 2 heteroatoms. The molecule has 3 unspecified atom stereocenters.